The topological polar surface area (TPSA) is 20.3 Å². The van der Waals surface area contributed by atoms with Gasteiger partial charge in [0.15, 0.2) is 0 Å². The van der Waals surface area contributed by atoms with Crippen LogP contribution in [0, 0.1) is 0 Å². The molecule has 0 unspecified atom stereocenters. The van der Waals surface area contributed by atoms with Crippen LogP contribution in [0.2, 0.25) is 0 Å². The standard InChI is InChI=1S/C5H10INO/c1-2-7(5-8)4-3-6/h5H,2-4H2,1H3. The molecule has 8 heavy (non-hydrogen) atoms. The quantitative estimate of drug-likeness (QED) is 0.397. The number of halogens is 1. The van der Waals surface area contributed by atoms with E-state index in [1.165, 1.54) is 0 Å². The van der Waals surface area contributed by atoms with Crippen molar-refractivity contribution in [3.8, 4) is 0 Å². The SMILES string of the molecule is CCN(C=O)CCI. The highest BCUT2D eigenvalue weighted by atomic mass is 127. The number of rotatable bonds is 4. The second kappa shape index (κ2) is 5.34. The second-order valence-electron chi connectivity index (χ2n) is 1.42. The average Bonchev–Trinajstić information content (AvgIpc) is 1.83. The highest BCUT2D eigenvalue weighted by Gasteiger charge is 1.92. The fourth-order valence-electron chi connectivity index (χ4n) is 0.394. The first-order chi connectivity index (χ1) is 3.85. The first kappa shape index (κ1) is 8.20. The van der Waals surface area contributed by atoms with E-state index in [0.29, 0.717) is 0 Å². The molecule has 0 aromatic carbocycles. The third-order valence-electron chi connectivity index (χ3n) is 0.927. The van der Waals surface area contributed by atoms with E-state index in [1.807, 2.05) is 6.92 Å². The minimum Gasteiger partial charge on any atom is -0.345 e. The van der Waals surface area contributed by atoms with Crippen LogP contribution in [0.4, 0.5) is 0 Å². The van der Waals surface area contributed by atoms with Crippen LogP contribution in [0.5, 0.6) is 0 Å². The summed E-state index contributed by atoms with van der Waals surface area (Å²) in [4.78, 5) is 11.8. The highest BCUT2D eigenvalue weighted by Crippen LogP contribution is 1.85. The summed E-state index contributed by atoms with van der Waals surface area (Å²) in [6.07, 6.45) is 0.888. The van der Waals surface area contributed by atoms with E-state index >= 15 is 0 Å². The number of alkyl halides is 1. The van der Waals surface area contributed by atoms with Gasteiger partial charge in [-0.15, -0.1) is 0 Å². The molecule has 0 radical (unpaired) electrons. The van der Waals surface area contributed by atoms with Crippen molar-refractivity contribution >= 4 is 29.0 Å². The zero-order chi connectivity index (χ0) is 6.41. The third kappa shape index (κ3) is 3.23. The Labute approximate surface area is 63.4 Å². The van der Waals surface area contributed by atoms with Gasteiger partial charge in [-0.2, -0.15) is 0 Å². The summed E-state index contributed by atoms with van der Waals surface area (Å²) in [5, 5.41) is 0. The molecule has 0 atom stereocenters. The Balaban J connectivity index is 3.21. The van der Waals surface area contributed by atoms with Crippen molar-refractivity contribution in [3.05, 3.63) is 0 Å². The Hall–Kier alpha value is 0.200. The Bertz CT molecular complexity index is 67.4. The molecule has 0 N–H and O–H groups in total. The first-order valence-electron chi connectivity index (χ1n) is 2.60. The lowest BCUT2D eigenvalue weighted by atomic mass is 10.6. The highest BCUT2D eigenvalue weighted by molar-refractivity contribution is 14.1. The molecule has 0 heterocycles. The van der Waals surface area contributed by atoms with E-state index in [4.69, 9.17) is 0 Å². The maximum Gasteiger partial charge on any atom is 0.209 e. The number of carbonyl (C=O) groups is 1. The van der Waals surface area contributed by atoms with Gasteiger partial charge in [-0.1, -0.05) is 22.6 Å². The van der Waals surface area contributed by atoms with Crippen LogP contribution in [0.3, 0.4) is 0 Å². The Morgan fingerprint density at radius 1 is 1.75 bits per heavy atom. The van der Waals surface area contributed by atoms with Crippen molar-refractivity contribution < 1.29 is 4.79 Å². The maximum atomic E-state index is 10.0. The molecule has 1 amide bonds. The molecule has 0 aromatic rings. The Morgan fingerprint density at radius 2 is 2.38 bits per heavy atom. The van der Waals surface area contributed by atoms with Crippen LogP contribution in [0.15, 0.2) is 0 Å². The summed E-state index contributed by atoms with van der Waals surface area (Å²) >= 11 is 2.25. The molecular formula is C5H10INO. The van der Waals surface area contributed by atoms with Crippen molar-refractivity contribution in [1.29, 1.82) is 0 Å². The van der Waals surface area contributed by atoms with Crippen molar-refractivity contribution in [3.63, 3.8) is 0 Å². The largest absolute Gasteiger partial charge is 0.345 e. The summed E-state index contributed by atoms with van der Waals surface area (Å²) < 4.78 is 1.02. The Kier molecular flexibility index (Phi) is 5.47. The molecule has 48 valence electrons. The lowest BCUT2D eigenvalue weighted by Crippen LogP contribution is -2.23. The van der Waals surface area contributed by atoms with E-state index in [2.05, 4.69) is 22.6 Å². The fourth-order valence-corrected chi connectivity index (χ4v) is 1.01. The maximum absolute atomic E-state index is 10.0. The van der Waals surface area contributed by atoms with Gasteiger partial charge in [0.25, 0.3) is 0 Å². The Morgan fingerprint density at radius 3 is 2.50 bits per heavy atom. The van der Waals surface area contributed by atoms with E-state index in [1.54, 1.807) is 4.90 Å². The molecule has 2 nitrogen and oxygen atoms in total. The van der Waals surface area contributed by atoms with Crippen LogP contribution < -0.4 is 0 Å². The second-order valence-corrected chi connectivity index (χ2v) is 2.50. The van der Waals surface area contributed by atoms with Crippen LogP contribution in [-0.2, 0) is 4.79 Å². The molecule has 0 saturated carbocycles. The van der Waals surface area contributed by atoms with Gasteiger partial charge in [0.1, 0.15) is 0 Å². The molecule has 0 bridgehead atoms. The summed E-state index contributed by atoms with van der Waals surface area (Å²) in [5.74, 6) is 0. The molecule has 0 spiro atoms. The van der Waals surface area contributed by atoms with Gasteiger partial charge in [0.2, 0.25) is 6.41 Å². The van der Waals surface area contributed by atoms with Gasteiger partial charge in [0, 0.05) is 17.5 Å². The van der Waals surface area contributed by atoms with Gasteiger partial charge in [0.05, 0.1) is 0 Å². The van der Waals surface area contributed by atoms with Crippen molar-refractivity contribution in [2.75, 3.05) is 17.5 Å². The molecule has 0 fully saturated rings. The molecule has 0 rings (SSSR count). The van der Waals surface area contributed by atoms with Gasteiger partial charge in [-0.25, -0.2) is 0 Å². The molecule has 0 saturated heterocycles. The van der Waals surface area contributed by atoms with Gasteiger partial charge in [-0.05, 0) is 6.92 Å². The summed E-state index contributed by atoms with van der Waals surface area (Å²) in [6.45, 7) is 3.67. The molecule has 0 aliphatic carbocycles. The number of hydrogen-bond acceptors (Lipinski definition) is 1. The lowest BCUT2D eigenvalue weighted by Gasteiger charge is -2.10. The van der Waals surface area contributed by atoms with E-state index in [9.17, 15) is 4.79 Å². The van der Waals surface area contributed by atoms with Crippen LogP contribution in [0.25, 0.3) is 0 Å². The van der Waals surface area contributed by atoms with Gasteiger partial charge < -0.3 is 4.90 Å². The van der Waals surface area contributed by atoms with Crippen molar-refractivity contribution in [1.82, 2.24) is 4.90 Å². The van der Waals surface area contributed by atoms with Gasteiger partial charge in [-0.3, -0.25) is 4.79 Å². The van der Waals surface area contributed by atoms with Crippen LogP contribution in [0.1, 0.15) is 6.92 Å². The summed E-state index contributed by atoms with van der Waals surface area (Å²) in [7, 11) is 0. The molecule has 0 aliphatic rings. The van der Waals surface area contributed by atoms with E-state index < -0.39 is 0 Å². The number of carbonyl (C=O) groups excluding carboxylic acids is 1. The number of hydrogen-bond donors (Lipinski definition) is 0. The van der Waals surface area contributed by atoms with Crippen LogP contribution in [-0.4, -0.2) is 28.8 Å². The van der Waals surface area contributed by atoms with Crippen molar-refractivity contribution in [2.45, 2.75) is 6.92 Å². The predicted molar refractivity (Wildman–Crippen MR) is 42.2 cm³/mol. The molecule has 0 aromatic heterocycles. The van der Waals surface area contributed by atoms with E-state index in [0.717, 1.165) is 23.9 Å². The predicted octanol–water partition coefficient (Wildman–Crippen LogP) is 0.900. The number of nitrogens with zero attached hydrogens (tertiary/aromatic N) is 1. The van der Waals surface area contributed by atoms with Gasteiger partial charge >= 0.3 is 0 Å². The average molecular weight is 227 g/mol. The zero-order valence-electron chi connectivity index (χ0n) is 4.93. The first-order valence-corrected chi connectivity index (χ1v) is 4.13. The number of amides is 1. The zero-order valence-corrected chi connectivity index (χ0v) is 7.09. The minimum absolute atomic E-state index is 0.826. The minimum atomic E-state index is 0.826. The van der Waals surface area contributed by atoms with Crippen molar-refractivity contribution in [2.24, 2.45) is 0 Å². The van der Waals surface area contributed by atoms with E-state index in [-0.39, 0.29) is 0 Å². The lowest BCUT2D eigenvalue weighted by molar-refractivity contribution is -0.117. The normalized spacial score (nSPS) is 8.75. The molecule has 3 heteroatoms. The molecular weight excluding hydrogens is 217 g/mol. The smallest absolute Gasteiger partial charge is 0.209 e. The molecule has 0 aliphatic heterocycles. The summed E-state index contributed by atoms with van der Waals surface area (Å²) in [5.41, 5.74) is 0. The van der Waals surface area contributed by atoms with Crippen LogP contribution >= 0.6 is 22.6 Å². The monoisotopic (exact) mass is 227 g/mol. The summed E-state index contributed by atoms with van der Waals surface area (Å²) in [6, 6.07) is 0. The third-order valence-corrected chi connectivity index (χ3v) is 1.41. The fraction of sp³-hybridized carbons (Fsp3) is 0.800.